The highest BCUT2D eigenvalue weighted by molar-refractivity contribution is 8.13. The van der Waals surface area contributed by atoms with Crippen LogP contribution in [0.15, 0.2) is 18.2 Å². The molecule has 0 aromatic heterocycles. The van der Waals surface area contributed by atoms with Gasteiger partial charge < -0.3 is 4.90 Å². The Hall–Kier alpha value is -1.35. The standard InChI is InChI=1S/C13H12ClF4NO3S/c14-23(21,22)7-8-3-12(20)19(5-8)6-9-4-10(13(16,17)18)1-2-11(9)15/h1-2,4,8H,3,5-7H2. The highest BCUT2D eigenvalue weighted by Gasteiger charge is 2.34. The summed E-state index contributed by atoms with van der Waals surface area (Å²) in [5.41, 5.74) is -1.29. The minimum atomic E-state index is -4.62. The van der Waals surface area contributed by atoms with Crippen LogP contribution < -0.4 is 0 Å². The molecule has 1 atom stereocenters. The lowest BCUT2D eigenvalue weighted by Crippen LogP contribution is -2.26. The maximum absolute atomic E-state index is 13.7. The number of halogens is 5. The fourth-order valence-electron chi connectivity index (χ4n) is 2.48. The molecular formula is C13H12ClF4NO3S. The molecule has 0 aliphatic carbocycles. The van der Waals surface area contributed by atoms with Crippen molar-refractivity contribution < 1.29 is 30.8 Å². The highest BCUT2D eigenvalue weighted by atomic mass is 35.7. The van der Waals surface area contributed by atoms with Gasteiger partial charge in [-0.2, -0.15) is 13.2 Å². The third-order valence-corrected chi connectivity index (χ3v) is 4.71. The fraction of sp³-hybridized carbons (Fsp3) is 0.462. The molecule has 0 N–H and O–H groups in total. The first kappa shape index (κ1) is 18.0. The van der Waals surface area contributed by atoms with Gasteiger partial charge in [-0.1, -0.05) is 0 Å². The van der Waals surface area contributed by atoms with Gasteiger partial charge in [-0.05, 0) is 18.2 Å². The second-order valence-corrected chi connectivity index (χ2v) is 8.18. The van der Waals surface area contributed by atoms with Gasteiger partial charge in [0, 0.05) is 41.7 Å². The SMILES string of the molecule is O=C1CC(CS(=O)(=O)Cl)CN1Cc1cc(C(F)(F)F)ccc1F. The first-order chi connectivity index (χ1) is 10.5. The molecular weight excluding hydrogens is 362 g/mol. The Balaban J connectivity index is 2.15. The van der Waals surface area contributed by atoms with Gasteiger partial charge in [0.25, 0.3) is 0 Å². The summed E-state index contributed by atoms with van der Waals surface area (Å²) >= 11 is 0. The van der Waals surface area contributed by atoms with Crippen molar-refractivity contribution in [1.82, 2.24) is 4.90 Å². The summed E-state index contributed by atoms with van der Waals surface area (Å²) in [7, 11) is 1.33. The molecule has 2 rings (SSSR count). The lowest BCUT2D eigenvalue weighted by Gasteiger charge is -2.18. The molecule has 10 heteroatoms. The van der Waals surface area contributed by atoms with Crippen molar-refractivity contribution in [1.29, 1.82) is 0 Å². The largest absolute Gasteiger partial charge is 0.416 e. The number of hydrogen-bond donors (Lipinski definition) is 0. The van der Waals surface area contributed by atoms with Crippen LogP contribution in [0.4, 0.5) is 17.6 Å². The van der Waals surface area contributed by atoms with Crippen molar-refractivity contribution in [2.75, 3.05) is 12.3 Å². The molecule has 0 bridgehead atoms. The van der Waals surface area contributed by atoms with Crippen molar-refractivity contribution >= 4 is 25.6 Å². The summed E-state index contributed by atoms with van der Waals surface area (Å²) in [4.78, 5) is 12.9. The van der Waals surface area contributed by atoms with E-state index in [4.69, 9.17) is 10.7 Å². The molecule has 1 aliphatic heterocycles. The van der Waals surface area contributed by atoms with Crippen molar-refractivity contribution in [3.8, 4) is 0 Å². The van der Waals surface area contributed by atoms with Gasteiger partial charge in [0.2, 0.25) is 15.0 Å². The first-order valence-electron chi connectivity index (χ1n) is 6.51. The summed E-state index contributed by atoms with van der Waals surface area (Å²) in [6.45, 7) is -0.353. The molecule has 1 aromatic carbocycles. The zero-order chi connectivity index (χ0) is 17.4. The van der Waals surface area contributed by atoms with Crippen molar-refractivity contribution in [3.63, 3.8) is 0 Å². The van der Waals surface area contributed by atoms with Crippen molar-refractivity contribution in [2.45, 2.75) is 19.1 Å². The minimum Gasteiger partial charge on any atom is -0.338 e. The van der Waals surface area contributed by atoms with E-state index in [9.17, 15) is 30.8 Å². The van der Waals surface area contributed by atoms with Crippen LogP contribution in [0.1, 0.15) is 17.5 Å². The average Bonchev–Trinajstić information content (AvgIpc) is 2.68. The van der Waals surface area contributed by atoms with E-state index in [1.165, 1.54) is 0 Å². The average molecular weight is 374 g/mol. The van der Waals surface area contributed by atoms with E-state index in [2.05, 4.69) is 0 Å². The first-order valence-corrected chi connectivity index (χ1v) is 8.99. The summed E-state index contributed by atoms with van der Waals surface area (Å²) in [5, 5.41) is 0. The monoisotopic (exact) mass is 373 g/mol. The fourth-order valence-corrected chi connectivity index (χ4v) is 3.80. The van der Waals surface area contributed by atoms with Gasteiger partial charge in [0.15, 0.2) is 0 Å². The lowest BCUT2D eigenvalue weighted by atomic mass is 10.1. The Morgan fingerprint density at radius 1 is 1.30 bits per heavy atom. The second kappa shape index (κ2) is 6.27. The number of carbonyl (C=O) groups excluding carboxylic acids is 1. The minimum absolute atomic E-state index is 0.000465. The molecule has 128 valence electrons. The molecule has 4 nitrogen and oxygen atoms in total. The summed E-state index contributed by atoms with van der Waals surface area (Å²) < 4.78 is 73.7. The van der Waals surface area contributed by atoms with Crippen LogP contribution in [-0.4, -0.2) is 31.5 Å². The molecule has 1 fully saturated rings. The Bertz CT molecular complexity index is 720. The number of likely N-dealkylation sites (tertiary alicyclic amines) is 1. The van der Waals surface area contributed by atoms with E-state index in [1.54, 1.807) is 0 Å². The van der Waals surface area contributed by atoms with E-state index in [0.717, 1.165) is 4.90 Å². The van der Waals surface area contributed by atoms with Crippen LogP contribution in [0.25, 0.3) is 0 Å². The topological polar surface area (TPSA) is 54.5 Å². The number of rotatable bonds is 4. The molecule has 0 saturated carbocycles. The predicted octanol–water partition coefficient (Wildman–Crippen LogP) is 2.76. The van der Waals surface area contributed by atoms with Crippen LogP contribution in [0.2, 0.25) is 0 Å². The van der Waals surface area contributed by atoms with Gasteiger partial charge in [0.1, 0.15) is 5.82 Å². The quantitative estimate of drug-likeness (QED) is 0.602. The Kier molecular flexibility index (Phi) is 4.91. The van der Waals surface area contributed by atoms with Gasteiger partial charge >= 0.3 is 6.18 Å². The molecule has 23 heavy (non-hydrogen) atoms. The molecule has 1 aliphatic rings. The van der Waals surface area contributed by atoms with Crippen LogP contribution in [0, 0.1) is 11.7 Å². The third-order valence-electron chi connectivity index (χ3n) is 3.46. The van der Waals surface area contributed by atoms with Crippen LogP contribution >= 0.6 is 10.7 Å². The molecule has 1 saturated heterocycles. The number of carbonyl (C=O) groups is 1. The number of nitrogens with zero attached hydrogens (tertiary/aromatic N) is 1. The van der Waals surface area contributed by atoms with Gasteiger partial charge in [-0.3, -0.25) is 4.79 Å². The predicted molar refractivity (Wildman–Crippen MR) is 74.6 cm³/mol. The van der Waals surface area contributed by atoms with E-state index in [1.807, 2.05) is 0 Å². The molecule has 0 spiro atoms. The van der Waals surface area contributed by atoms with Crippen LogP contribution in [-0.2, 0) is 26.6 Å². The van der Waals surface area contributed by atoms with E-state index < -0.39 is 44.2 Å². The number of hydrogen-bond acceptors (Lipinski definition) is 3. The normalized spacial score (nSPS) is 19.4. The zero-order valence-corrected chi connectivity index (χ0v) is 13.2. The molecule has 1 unspecified atom stereocenters. The second-order valence-electron chi connectivity index (χ2n) is 5.35. The van der Waals surface area contributed by atoms with Crippen molar-refractivity contribution in [3.05, 3.63) is 35.1 Å². The highest BCUT2D eigenvalue weighted by Crippen LogP contribution is 2.31. The summed E-state index contributed by atoms with van der Waals surface area (Å²) in [6, 6.07) is 1.96. The van der Waals surface area contributed by atoms with E-state index in [-0.39, 0.29) is 25.1 Å². The van der Waals surface area contributed by atoms with Crippen molar-refractivity contribution in [2.24, 2.45) is 5.92 Å². The Morgan fingerprint density at radius 3 is 2.52 bits per heavy atom. The summed E-state index contributed by atoms with van der Waals surface area (Å²) in [6.07, 6.45) is -4.71. The number of alkyl halides is 3. The van der Waals surface area contributed by atoms with E-state index in [0.29, 0.717) is 18.2 Å². The molecule has 1 heterocycles. The molecule has 1 amide bonds. The third kappa shape index (κ3) is 4.81. The zero-order valence-electron chi connectivity index (χ0n) is 11.6. The Labute approximate surface area is 134 Å². The van der Waals surface area contributed by atoms with Gasteiger partial charge in [0.05, 0.1) is 11.3 Å². The van der Waals surface area contributed by atoms with Crippen LogP contribution in [0.3, 0.4) is 0 Å². The van der Waals surface area contributed by atoms with Gasteiger partial charge in [-0.25, -0.2) is 12.8 Å². The number of benzene rings is 1. The van der Waals surface area contributed by atoms with Gasteiger partial charge in [-0.15, -0.1) is 0 Å². The maximum atomic E-state index is 13.7. The molecule has 0 radical (unpaired) electrons. The lowest BCUT2D eigenvalue weighted by molar-refractivity contribution is -0.137. The Morgan fingerprint density at radius 2 is 1.96 bits per heavy atom. The van der Waals surface area contributed by atoms with Crippen LogP contribution in [0.5, 0.6) is 0 Å². The molecule has 1 aromatic rings. The maximum Gasteiger partial charge on any atom is 0.416 e. The van der Waals surface area contributed by atoms with E-state index >= 15 is 0 Å². The smallest absolute Gasteiger partial charge is 0.338 e. The number of amides is 1. The summed E-state index contributed by atoms with van der Waals surface area (Å²) in [5.74, 6) is -2.28.